The van der Waals surface area contributed by atoms with Crippen LogP contribution in [0.25, 0.3) is 0 Å². The third-order valence-electron chi connectivity index (χ3n) is 3.02. The van der Waals surface area contributed by atoms with E-state index in [1.807, 2.05) is 6.07 Å². The molecule has 19 heavy (non-hydrogen) atoms. The maximum absolute atomic E-state index is 12.0. The predicted molar refractivity (Wildman–Crippen MR) is 71.7 cm³/mol. The topological polar surface area (TPSA) is 88.1 Å². The first kappa shape index (κ1) is 13.8. The lowest BCUT2D eigenvalue weighted by atomic mass is 10.1. The predicted octanol–water partition coefficient (Wildman–Crippen LogP) is 1.66. The second-order valence-corrected chi connectivity index (χ2v) is 4.76. The molecule has 2 rings (SSSR count). The Morgan fingerprint density at radius 2 is 2.37 bits per heavy atom. The second kappa shape index (κ2) is 6.02. The number of nitrogens with one attached hydrogen (secondary N) is 1. The Bertz CT molecular complexity index is 527. The van der Waals surface area contributed by atoms with Gasteiger partial charge in [0.05, 0.1) is 28.4 Å². The van der Waals surface area contributed by atoms with Crippen molar-refractivity contribution in [3.63, 3.8) is 0 Å². The summed E-state index contributed by atoms with van der Waals surface area (Å²) in [6, 6.07) is 6.70. The maximum atomic E-state index is 12.0. The van der Waals surface area contributed by atoms with Crippen LogP contribution in [0.5, 0.6) is 0 Å². The van der Waals surface area contributed by atoms with Gasteiger partial charge in [0.1, 0.15) is 6.10 Å². The fourth-order valence-corrected chi connectivity index (χ4v) is 2.14. The Morgan fingerprint density at radius 1 is 1.58 bits per heavy atom. The minimum atomic E-state index is -0.504. The highest BCUT2D eigenvalue weighted by Gasteiger charge is 2.30. The van der Waals surface area contributed by atoms with E-state index < -0.39 is 6.10 Å². The van der Waals surface area contributed by atoms with Crippen molar-refractivity contribution in [1.29, 1.82) is 5.26 Å². The molecular weight excluding hydrogens is 266 g/mol. The molecule has 0 bridgehead atoms. The Morgan fingerprint density at radius 3 is 3.00 bits per heavy atom. The molecule has 1 aliphatic heterocycles. The van der Waals surface area contributed by atoms with Gasteiger partial charge in [-0.3, -0.25) is 4.79 Å². The molecule has 2 atom stereocenters. The van der Waals surface area contributed by atoms with Crippen LogP contribution in [-0.2, 0) is 9.53 Å². The van der Waals surface area contributed by atoms with Crippen molar-refractivity contribution >= 4 is 23.2 Å². The van der Waals surface area contributed by atoms with Gasteiger partial charge >= 0.3 is 0 Å². The molecule has 1 aromatic carbocycles. The number of amides is 1. The number of benzene rings is 1. The van der Waals surface area contributed by atoms with E-state index in [-0.39, 0.29) is 12.0 Å². The molecule has 1 saturated heterocycles. The number of nitrogens with zero attached hydrogens (tertiary/aromatic N) is 1. The van der Waals surface area contributed by atoms with Crippen molar-refractivity contribution < 1.29 is 9.53 Å². The summed E-state index contributed by atoms with van der Waals surface area (Å²) in [5, 5.41) is 11.9. The summed E-state index contributed by atoms with van der Waals surface area (Å²) >= 11 is 5.97. The van der Waals surface area contributed by atoms with Gasteiger partial charge in [-0.2, -0.15) is 5.26 Å². The molecule has 3 N–H and O–H groups in total. The van der Waals surface area contributed by atoms with Crippen molar-refractivity contribution in [2.75, 3.05) is 11.9 Å². The summed E-state index contributed by atoms with van der Waals surface area (Å²) in [7, 11) is 0. The molecule has 0 saturated carbocycles. The summed E-state index contributed by atoms with van der Waals surface area (Å²) in [5.41, 5.74) is 6.36. The lowest BCUT2D eigenvalue weighted by Gasteiger charge is -2.13. The fraction of sp³-hybridized carbons (Fsp3) is 0.385. The third-order valence-corrected chi connectivity index (χ3v) is 3.35. The fourth-order valence-electron chi connectivity index (χ4n) is 1.98. The van der Waals surface area contributed by atoms with Crippen LogP contribution in [0.1, 0.15) is 18.4 Å². The quantitative estimate of drug-likeness (QED) is 0.881. The molecule has 2 unspecified atom stereocenters. The van der Waals surface area contributed by atoms with Crippen LogP contribution < -0.4 is 11.1 Å². The van der Waals surface area contributed by atoms with E-state index in [2.05, 4.69) is 5.32 Å². The lowest BCUT2D eigenvalue weighted by Crippen LogP contribution is -2.29. The van der Waals surface area contributed by atoms with Crippen LogP contribution in [-0.4, -0.2) is 24.7 Å². The average molecular weight is 280 g/mol. The SMILES string of the molecule is N#Cc1ccc(Cl)c(NC(=O)C2CCC(CN)O2)c1. The van der Waals surface area contributed by atoms with Crippen LogP contribution in [0.3, 0.4) is 0 Å². The van der Waals surface area contributed by atoms with Crippen LogP contribution >= 0.6 is 11.6 Å². The highest BCUT2D eigenvalue weighted by Crippen LogP contribution is 2.25. The highest BCUT2D eigenvalue weighted by molar-refractivity contribution is 6.33. The molecule has 1 aliphatic rings. The molecule has 0 radical (unpaired) electrons. The van der Waals surface area contributed by atoms with Crippen molar-refractivity contribution in [2.24, 2.45) is 5.73 Å². The molecule has 5 nitrogen and oxygen atoms in total. The molecule has 0 aliphatic carbocycles. The average Bonchev–Trinajstić information content (AvgIpc) is 2.90. The van der Waals surface area contributed by atoms with E-state index >= 15 is 0 Å². The van der Waals surface area contributed by atoms with E-state index in [0.29, 0.717) is 29.2 Å². The number of hydrogen-bond acceptors (Lipinski definition) is 4. The van der Waals surface area contributed by atoms with Gasteiger partial charge in [-0.25, -0.2) is 0 Å². The summed E-state index contributed by atoms with van der Waals surface area (Å²) in [6.45, 7) is 0.411. The molecular formula is C13H14ClN3O2. The van der Waals surface area contributed by atoms with Crippen molar-refractivity contribution in [2.45, 2.75) is 25.0 Å². The Labute approximate surface area is 116 Å². The number of carbonyl (C=O) groups is 1. The van der Waals surface area contributed by atoms with Crippen molar-refractivity contribution in [3.05, 3.63) is 28.8 Å². The highest BCUT2D eigenvalue weighted by atomic mass is 35.5. The number of nitrogens with two attached hydrogens (primary N) is 1. The van der Waals surface area contributed by atoms with Gasteiger partial charge in [0.15, 0.2) is 0 Å². The summed E-state index contributed by atoms with van der Waals surface area (Å²) in [6.07, 6.45) is 0.858. The zero-order valence-electron chi connectivity index (χ0n) is 10.2. The molecule has 0 spiro atoms. The van der Waals surface area contributed by atoms with E-state index in [9.17, 15) is 4.79 Å². The zero-order chi connectivity index (χ0) is 13.8. The normalized spacial score (nSPS) is 21.9. The second-order valence-electron chi connectivity index (χ2n) is 4.36. The lowest BCUT2D eigenvalue weighted by molar-refractivity contribution is -0.126. The Balaban J connectivity index is 2.05. The molecule has 1 fully saturated rings. The zero-order valence-corrected chi connectivity index (χ0v) is 11.0. The van der Waals surface area contributed by atoms with E-state index in [1.165, 1.54) is 6.07 Å². The van der Waals surface area contributed by atoms with Gasteiger partial charge in [-0.15, -0.1) is 0 Å². The molecule has 100 valence electrons. The first-order valence-electron chi connectivity index (χ1n) is 6.00. The van der Waals surface area contributed by atoms with Crippen LogP contribution in [0.2, 0.25) is 5.02 Å². The van der Waals surface area contributed by atoms with Gasteiger partial charge in [-0.05, 0) is 31.0 Å². The Hall–Kier alpha value is -1.61. The van der Waals surface area contributed by atoms with Crippen molar-refractivity contribution in [3.8, 4) is 6.07 Å². The number of anilines is 1. The van der Waals surface area contributed by atoms with Gasteiger partial charge in [-0.1, -0.05) is 11.6 Å². The largest absolute Gasteiger partial charge is 0.364 e. The first-order valence-corrected chi connectivity index (χ1v) is 6.38. The number of nitriles is 1. The minimum absolute atomic E-state index is 0.0586. The van der Waals surface area contributed by atoms with Gasteiger partial charge in [0, 0.05) is 6.54 Å². The molecule has 0 aromatic heterocycles. The monoisotopic (exact) mass is 279 g/mol. The number of halogens is 1. The first-order chi connectivity index (χ1) is 9.13. The van der Waals surface area contributed by atoms with Gasteiger partial charge < -0.3 is 15.8 Å². The van der Waals surface area contributed by atoms with Crippen LogP contribution in [0.15, 0.2) is 18.2 Å². The molecule has 1 amide bonds. The number of hydrogen-bond donors (Lipinski definition) is 2. The number of rotatable bonds is 3. The Kier molecular flexibility index (Phi) is 4.38. The smallest absolute Gasteiger partial charge is 0.253 e. The molecule has 1 heterocycles. The number of carbonyl (C=O) groups excluding carboxylic acids is 1. The van der Waals surface area contributed by atoms with E-state index in [4.69, 9.17) is 27.3 Å². The molecule has 6 heteroatoms. The summed E-state index contributed by atoms with van der Waals surface area (Å²) in [4.78, 5) is 12.0. The number of ether oxygens (including phenoxy) is 1. The van der Waals surface area contributed by atoms with Crippen LogP contribution in [0, 0.1) is 11.3 Å². The molecule has 1 aromatic rings. The van der Waals surface area contributed by atoms with Crippen molar-refractivity contribution in [1.82, 2.24) is 0 Å². The van der Waals surface area contributed by atoms with E-state index in [0.717, 1.165) is 6.42 Å². The van der Waals surface area contributed by atoms with Gasteiger partial charge in [0.2, 0.25) is 0 Å². The maximum Gasteiger partial charge on any atom is 0.253 e. The van der Waals surface area contributed by atoms with E-state index in [1.54, 1.807) is 12.1 Å². The third kappa shape index (κ3) is 3.24. The minimum Gasteiger partial charge on any atom is -0.364 e. The summed E-state index contributed by atoms with van der Waals surface area (Å²) < 4.78 is 5.50. The standard InChI is InChI=1S/C13H14ClN3O2/c14-10-3-1-8(6-15)5-11(10)17-13(18)12-4-2-9(7-16)19-12/h1,3,5,9,12H,2,4,7,16H2,(H,17,18). The summed E-state index contributed by atoms with van der Waals surface area (Å²) in [5.74, 6) is -0.257. The van der Waals surface area contributed by atoms with Gasteiger partial charge in [0.25, 0.3) is 5.91 Å². The van der Waals surface area contributed by atoms with Crippen LogP contribution in [0.4, 0.5) is 5.69 Å².